The highest BCUT2D eigenvalue weighted by Crippen LogP contribution is 2.39. The van der Waals surface area contributed by atoms with E-state index < -0.39 is 18.4 Å². The first kappa shape index (κ1) is 30.8. The van der Waals surface area contributed by atoms with Crippen LogP contribution >= 0.6 is 0 Å². The summed E-state index contributed by atoms with van der Waals surface area (Å²) in [5, 5.41) is 12.3. The monoisotopic (exact) mass is 588 g/mol. The number of amides is 1. The number of hydrogen-bond acceptors (Lipinski definition) is 8. The van der Waals surface area contributed by atoms with Gasteiger partial charge in [0, 0.05) is 45.1 Å². The number of aliphatic hydroxyl groups is 1. The maximum absolute atomic E-state index is 12.4. The van der Waals surface area contributed by atoms with Crippen molar-refractivity contribution in [3.8, 4) is 11.1 Å². The molecule has 2 aliphatic rings. The lowest BCUT2D eigenvalue weighted by molar-refractivity contribution is -0.253. The molecule has 3 aromatic rings. The number of rotatable bonds is 10. The summed E-state index contributed by atoms with van der Waals surface area (Å²) in [4.78, 5) is 26.0. The molecule has 0 spiro atoms. The smallest absolute Gasteiger partial charge is 0.303 e. The number of nitrogens with one attached hydrogen (secondary N) is 1. The number of aliphatic hydroxyl groups excluding tert-OH is 1. The lowest BCUT2D eigenvalue weighted by Gasteiger charge is -2.39. The number of carbonyl (C=O) groups excluding carboxylic acids is 2. The SMILES string of the molecule is CC(=O)OC(C)C(=O)NCc1ccccc1-c1ccc(C2OC(CN3CCOCC3)CC(c3ccc(CO)cc3)O2)cc1. The zero-order valence-electron chi connectivity index (χ0n) is 24.7. The Labute approximate surface area is 252 Å². The second-order valence-corrected chi connectivity index (χ2v) is 11.0. The molecule has 0 saturated carbocycles. The molecule has 1 amide bonds. The maximum atomic E-state index is 12.4. The zero-order chi connectivity index (χ0) is 30.2. The molecule has 2 fully saturated rings. The average Bonchev–Trinajstić information content (AvgIpc) is 3.04. The van der Waals surface area contributed by atoms with Crippen LogP contribution in [0.15, 0.2) is 72.8 Å². The number of nitrogens with zero attached hydrogens (tertiary/aromatic N) is 1. The number of morpholine rings is 1. The summed E-state index contributed by atoms with van der Waals surface area (Å²) >= 11 is 0. The van der Waals surface area contributed by atoms with Gasteiger partial charge in [-0.3, -0.25) is 14.5 Å². The molecule has 3 aromatic carbocycles. The third-order valence-electron chi connectivity index (χ3n) is 7.86. The van der Waals surface area contributed by atoms with Crippen LogP contribution in [0.25, 0.3) is 11.1 Å². The third-order valence-corrected chi connectivity index (χ3v) is 7.86. The van der Waals surface area contributed by atoms with E-state index in [9.17, 15) is 14.7 Å². The van der Waals surface area contributed by atoms with Gasteiger partial charge in [-0.2, -0.15) is 0 Å². The van der Waals surface area contributed by atoms with E-state index in [-0.39, 0.29) is 24.7 Å². The van der Waals surface area contributed by atoms with Crippen molar-refractivity contribution in [1.29, 1.82) is 0 Å². The molecule has 4 atom stereocenters. The highest BCUT2D eigenvalue weighted by atomic mass is 16.7. The van der Waals surface area contributed by atoms with E-state index >= 15 is 0 Å². The van der Waals surface area contributed by atoms with Crippen molar-refractivity contribution >= 4 is 11.9 Å². The van der Waals surface area contributed by atoms with Gasteiger partial charge < -0.3 is 29.4 Å². The van der Waals surface area contributed by atoms with Crippen molar-refractivity contribution in [3.05, 3.63) is 95.1 Å². The topological polar surface area (TPSA) is 107 Å². The molecule has 2 N–H and O–H groups in total. The third kappa shape index (κ3) is 8.28. The predicted octanol–water partition coefficient (Wildman–Crippen LogP) is 4.29. The van der Waals surface area contributed by atoms with Gasteiger partial charge in [-0.05, 0) is 34.7 Å². The minimum Gasteiger partial charge on any atom is -0.453 e. The van der Waals surface area contributed by atoms with Gasteiger partial charge in [-0.15, -0.1) is 0 Å². The summed E-state index contributed by atoms with van der Waals surface area (Å²) in [6.07, 6.45) is -0.815. The van der Waals surface area contributed by atoms with Crippen LogP contribution in [0.2, 0.25) is 0 Å². The maximum Gasteiger partial charge on any atom is 0.303 e. The van der Waals surface area contributed by atoms with Crippen LogP contribution in [-0.4, -0.2) is 66.9 Å². The van der Waals surface area contributed by atoms with Crippen molar-refractivity contribution in [2.45, 2.75) is 58.0 Å². The molecule has 43 heavy (non-hydrogen) atoms. The molecule has 2 heterocycles. The molecule has 9 nitrogen and oxygen atoms in total. The van der Waals surface area contributed by atoms with Crippen LogP contribution in [-0.2, 0) is 41.7 Å². The standard InChI is InChI=1S/C34H40N2O7/c1-23(41-24(2)38)33(39)35-20-29-5-3-4-6-31(29)26-11-13-28(14-12-26)34-42-30(21-36-15-17-40-18-16-36)19-32(43-34)27-9-7-25(22-37)8-10-27/h3-14,23,30,32,34,37H,15-22H2,1-2H3,(H,35,39). The van der Waals surface area contributed by atoms with Crippen LogP contribution in [0.4, 0.5) is 0 Å². The van der Waals surface area contributed by atoms with E-state index in [1.165, 1.54) is 6.92 Å². The fourth-order valence-corrected chi connectivity index (χ4v) is 5.51. The second-order valence-electron chi connectivity index (χ2n) is 11.0. The first-order valence-corrected chi connectivity index (χ1v) is 14.8. The fraction of sp³-hybridized carbons (Fsp3) is 0.412. The van der Waals surface area contributed by atoms with Gasteiger partial charge >= 0.3 is 5.97 Å². The molecule has 0 aromatic heterocycles. The molecule has 2 aliphatic heterocycles. The van der Waals surface area contributed by atoms with E-state index in [0.29, 0.717) is 6.54 Å². The summed E-state index contributed by atoms with van der Waals surface area (Å²) in [5.74, 6) is -0.841. The minimum atomic E-state index is -0.858. The Hall–Kier alpha value is -3.60. The Morgan fingerprint density at radius 1 is 0.977 bits per heavy atom. The largest absolute Gasteiger partial charge is 0.453 e. The van der Waals surface area contributed by atoms with Crippen LogP contribution in [0.3, 0.4) is 0 Å². The van der Waals surface area contributed by atoms with Crippen LogP contribution < -0.4 is 5.32 Å². The van der Waals surface area contributed by atoms with Crippen molar-refractivity contribution in [2.24, 2.45) is 0 Å². The molecule has 0 aliphatic carbocycles. The van der Waals surface area contributed by atoms with E-state index in [0.717, 1.165) is 72.6 Å². The number of carbonyl (C=O) groups is 2. The summed E-state index contributed by atoms with van der Waals surface area (Å²) in [5.41, 5.74) is 5.79. The Morgan fingerprint density at radius 3 is 2.37 bits per heavy atom. The average molecular weight is 589 g/mol. The number of hydrogen-bond donors (Lipinski definition) is 2. The molecule has 0 bridgehead atoms. The van der Waals surface area contributed by atoms with Gasteiger partial charge in [0.25, 0.3) is 5.91 Å². The normalized spacial score (nSPS) is 21.6. The molecular formula is C34H40N2O7. The highest BCUT2D eigenvalue weighted by molar-refractivity contribution is 5.83. The summed E-state index contributed by atoms with van der Waals surface area (Å²) in [6, 6.07) is 23.9. The molecule has 4 unspecified atom stereocenters. The summed E-state index contributed by atoms with van der Waals surface area (Å²) in [7, 11) is 0. The minimum absolute atomic E-state index is 0.00640. The first-order valence-electron chi connectivity index (χ1n) is 14.8. The van der Waals surface area contributed by atoms with Crippen LogP contribution in [0.1, 0.15) is 54.9 Å². The van der Waals surface area contributed by atoms with Gasteiger partial charge in [0.1, 0.15) is 0 Å². The first-order chi connectivity index (χ1) is 20.9. The molecule has 0 radical (unpaired) electrons. The number of ether oxygens (including phenoxy) is 4. The molecule has 5 rings (SSSR count). The van der Waals surface area contributed by atoms with Gasteiger partial charge in [-0.25, -0.2) is 0 Å². The fourth-order valence-electron chi connectivity index (χ4n) is 5.51. The molecule has 9 heteroatoms. The highest BCUT2D eigenvalue weighted by Gasteiger charge is 2.33. The Bertz CT molecular complexity index is 1360. The van der Waals surface area contributed by atoms with E-state index in [4.69, 9.17) is 18.9 Å². The van der Waals surface area contributed by atoms with Crippen molar-refractivity contribution in [2.75, 3.05) is 32.8 Å². The quantitative estimate of drug-likeness (QED) is 0.338. The summed E-state index contributed by atoms with van der Waals surface area (Å²) < 4.78 is 23.6. The lowest BCUT2D eigenvalue weighted by atomic mass is 9.97. The molecular weight excluding hydrogens is 548 g/mol. The second kappa shape index (κ2) is 14.7. The predicted molar refractivity (Wildman–Crippen MR) is 161 cm³/mol. The summed E-state index contributed by atoms with van der Waals surface area (Å²) in [6.45, 7) is 7.19. The lowest BCUT2D eigenvalue weighted by Crippen LogP contribution is -2.44. The van der Waals surface area contributed by atoms with E-state index in [2.05, 4.69) is 10.2 Å². The van der Waals surface area contributed by atoms with Crippen LogP contribution in [0, 0.1) is 0 Å². The number of benzene rings is 3. The van der Waals surface area contributed by atoms with Gasteiger partial charge in [0.05, 0.1) is 32.0 Å². The van der Waals surface area contributed by atoms with Gasteiger partial charge in [0.15, 0.2) is 12.4 Å². The van der Waals surface area contributed by atoms with Crippen molar-refractivity contribution < 1.29 is 33.6 Å². The van der Waals surface area contributed by atoms with Gasteiger partial charge in [-0.1, -0.05) is 72.8 Å². The van der Waals surface area contributed by atoms with Crippen LogP contribution in [0.5, 0.6) is 0 Å². The molecule has 2 saturated heterocycles. The van der Waals surface area contributed by atoms with Crippen molar-refractivity contribution in [1.82, 2.24) is 10.2 Å². The Kier molecular flexibility index (Phi) is 10.6. The van der Waals surface area contributed by atoms with E-state index in [1.54, 1.807) is 6.92 Å². The Balaban J connectivity index is 1.31. The molecule has 228 valence electrons. The van der Waals surface area contributed by atoms with Gasteiger partial charge in [0.2, 0.25) is 0 Å². The van der Waals surface area contributed by atoms with Crippen molar-refractivity contribution in [3.63, 3.8) is 0 Å². The number of esters is 1. The van der Waals surface area contributed by atoms with E-state index in [1.807, 2.05) is 72.8 Å². The zero-order valence-corrected chi connectivity index (χ0v) is 24.7. The Morgan fingerprint density at radius 2 is 1.67 bits per heavy atom.